The first-order valence-electron chi connectivity index (χ1n) is 8.34. The molecular formula is C19H12ClF4N3O2. The van der Waals surface area contributed by atoms with Crippen LogP contribution >= 0.6 is 11.6 Å². The molecule has 0 unspecified atom stereocenters. The highest BCUT2D eigenvalue weighted by molar-refractivity contribution is 6.33. The van der Waals surface area contributed by atoms with Crippen molar-refractivity contribution in [2.75, 3.05) is 11.9 Å². The normalized spacial score (nSPS) is 13.7. The number of nitrogens with zero attached hydrogens (tertiary/aromatic N) is 2. The second-order valence-corrected chi connectivity index (χ2v) is 6.83. The second-order valence-electron chi connectivity index (χ2n) is 6.43. The number of alkyl halides is 3. The van der Waals surface area contributed by atoms with Crippen LogP contribution in [0.2, 0.25) is 5.02 Å². The van der Waals surface area contributed by atoms with Gasteiger partial charge in [-0.3, -0.25) is 4.79 Å². The molecular weight excluding hydrogens is 414 g/mol. The zero-order valence-electron chi connectivity index (χ0n) is 14.8. The van der Waals surface area contributed by atoms with Crippen molar-refractivity contribution < 1.29 is 27.1 Å². The lowest BCUT2D eigenvalue weighted by Gasteiger charge is -2.20. The van der Waals surface area contributed by atoms with E-state index in [1.165, 1.54) is 24.3 Å². The van der Waals surface area contributed by atoms with Crippen molar-refractivity contribution in [2.24, 2.45) is 0 Å². The number of anilines is 1. The maximum absolute atomic E-state index is 13.5. The molecule has 1 aliphatic rings. The third kappa shape index (κ3) is 3.53. The highest BCUT2D eigenvalue weighted by Crippen LogP contribution is 2.41. The fraction of sp³-hybridized carbons (Fsp3) is 0.158. The van der Waals surface area contributed by atoms with Crippen LogP contribution in [0, 0.1) is 12.7 Å². The molecule has 1 N–H and O–H groups in total. The summed E-state index contributed by atoms with van der Waals surface area (Å²) in [6, 6.07) is 7.41. The minimum Gasteiger partial charge on any atom is -0.480 e. The van der Waals surface area contributed by atoms with Gasteiger partial charge in [0.15, 0.2) is 18.1 Å². The quantitative estimate of drug-likeness (QED) is 0.588. The van der Waals surface area contributed by atoms with Crippen LogP contribution in [0.4, 0.5) is 23.2 Å². The summed E-state index contributed by atoms with van der Waals surface area (Å²) in [4.78, 5) is 11.6. The van der Waals surface area contributed by atoms with Gasteiger partial charge in [-0.25, -0.2) is 9.07 Å². The molecule has 5 nitrogen and oxygen atoms in total. The van der Waals surface area contributed by atoms with Gasteiger partial charge in [-0.05, 0) is 48.9 Å². The fourth-order valence-corrected chi connectivity index (χ4v) is 3.34. The molecule has 4 rings (SSSR count). The van der Waals surface area contributed by atoms with Gasteiger partial charge in [0.05, 0.1) is 22.1 Å². The summed E-state index contributed by atoms with van der Waals surface area (Å²) in [5.74, 6) is -0.702. The molecule has 0 atom stereocenters. The summed E-state index contributed by atoms with van der Waals surface area (Å²) in [5.41, 5.74) is 0.115. The largest absolute Gasteiger partial charge is 0.480 e. The highest BCUT2D eigenvalue weighted by Gasteiger charge is 2.35. The molecule has 29 heavy (non-hydrogen) atoms. The van der Waals surface area contributed by atoms with E-state index in [4.69, 9.17) is 16.3 Å². The van der Waals surface area contributed by atoms with Crippen LogP contribution in [0.25, 0.3) is 16.9 Å². The molecule has 2 heterocycles. The number of hydrogen-bond donors (Lipinski definition) is 1. The van der Waals surface area contributed by atoms with Gasteiger partial charge in [0.2, 0.25) is 0 Å². The maximum Gasteiger partial charge on any atom is 0.435 e. The third-order valence-electron chi connectivity index (χ3n) is 4.35. The Morgan fingerprint density at radius 1 is 1.21 bits per heavy atom. The Hall–Kier alpha value is -3.07. The van der Waals surface area contributed by atoms with Crippen molar-refractivity contribution in [3.05, 3.63) is 58.5 Å². The number of nitrogens with one attached hydrogen (secondary N) is 1. The summed E-state index contributed by atoms with van der Waals surface area (Å²) in [6.07, 6.45) is -4.69. The number of halogens is 5. The van der Waals surface area contributed by atoms with Gasteiger partial charge in [0.1, 0.15) is 5.82 Å². The average Bonchev–Trinajstić information content (AvgIpc) is 3.06. The summed E-state index contributed by atoms with van der Waals surface area (Å²) < 4.78 is 59.9. The van der Waals surface area contributed by atoms with E-state index >= 15 is 0 Å². The molecule has 0 radical (unpaired) electrons. The van der Waals surface area contributed by atoms with E-state index in [2.05, 4.69) is 10.4 Å². The fourth-order valence-electron chi connectivity index (χ4n) is 3.07. The summed E-state index contributed by atoms with van der Waals surface area (Å²) in [6.45, 7) is 1.35. The topological polar surface area (TPSA) is 56.2 Å². The molecule has 3 aromatic rings. The first-order chi connectivity index (χ1) is 13.6. The van der Waals surface area contributed by atoms with Crippen LogP contribution in [0.5, 0.6) is 5.75 Å². The number of fused-ring (bicyclic) bond motifs is 1. The number of carbonyl (C=O) groups excluding carboxylic acids is 1. The van der Waals surface area contributed by atoms with Crippen LogP contribution in [0.15, 0.2) is 36.4 Å². The van der Waals surface area contributed by atoms with Gasteiger partial charge in [0, 0.05) is 5.56 Å². The van der Waals surface area contributed by atoms with Crippen LogP contribution in [0.1, 0.15) is 11.3 Å². The van der Waals surface area contributed by atoms with Crippen molar-refractivity contribution in [1.29, 1.82) is 0 Å². The summed E-state index contributed by atoms with van der Waals surface area (Å²) >= 11 is 6.21. The van der Waals surface area contributed by atoms with Crippen LogP contribution < -0.4 is 10.1 Å². The van der Waals surface area contributed by atoms with Gasteiger partial charge in [-0.2, -0.15) is 18.3 Å². The number of hydrogen-bond acceptors (Lipinski definition) is 3. The number of carbonyl (C=O) groups is 1. The van der Waals surface area contributed by atoms with E-state index in [9.17, 15) is 22.4 Å². The van der Waals surface area contributed by atoms with Crippen LogP contribution in [0.3, 0.4) is 0 Å². The molecule has 10 heteroatoms. The van der Waals surface area contributed by atoms with Crippen LogP contribution in [-0.2, 0) is 11.0 Å². The monoisotopic (exact) mass is 425 g/mol. The predicted octanol–water partition coefficient (Wildman–Crippen LogP) is 4.99. The van der Waals surface area contributed by atoms with Crippen LogP contribution in [-0.4, -0.2) is 22.3 Å². The van der Waals surface area contributed by atoms with Gasteiger partial charge < -0.3 is 10.1 Å². The molecule has 1 aliphatic heterocycles. The number of amides is 1. The van der Waals surface area contributed by atoms with Gasteiger partial charge in [-0.1, -0.05) is 11.6 Å². The summed E-state index contributed by atoms with van der Waals surface area (Å²) in [5, 5.41) is 6.38. The minimum absolute atomic E-state index is 0.0663. The van der Waals surface area contributed by atoms with Crippen molar-refractivity contribution in [1.82, 2.24) is 9.78 Å². The van der Waals surface area contributed by atoms with E-state index in [1.54, 1.807) is 6.92 Å². The number of benzene rings is 2. The molecule has 0 bridgehead atoms. The molecule has 0 aliphatic carbocycles. The number of aryl methyl sites for hydroxylation is 1. The predicted molar refractivity (Wildman–Crippen MR) is 97.8 cm³/mol. The smallest absolute Gasteiger partial charge is 0.435 e. The van der Waals surface area contributed by atoms with E-state index < -0.39 is 23.6 Å². The average molecular weight is 426 g/mol. The number of aromatic nitrogens is 2. The molecule has 1 amide bonds. The number of ether oxygens (including phenoxy) is 1. The standard InChI is InChI=1S/C19H12ClF4N3O2/c1-9-4-11(21)2-3-14(9)27-15(7-16(26-27)19(22,23)24)10-5-12(20)18-13(6-10)25-17(28)8-29-18/h2-7H,8H2,1H3,(H,25,28). The molecule has 150 valence electrons. The zero-order valence-corrected chi connectivity index (χ0v) is 15.5. The molecule has 2 aromatic carbocycles. The Bertz CT molecular complexity index is 1140. The Kier molecular flexibility index (Phi) is 4.49. The van der Waals surface area contributed by atoms with E-state index in [1.807, 2.05) is 0 Å². The lowest BCUT2D eigenvalue weighted by atomic mass is 10.1. The molecule has 0 saturated heterocycles. The Morgan fingerprint density at radius 2 is 1.97 bits per heavy atom. The lowest BCUT2D eigenvalue weighted by molar-refractivity contribution is -0.141. The first-order valence-corrected chi connectivity index (χ1v) is 8.71. The molecule has 1 aromatic heterocycles. The Morgan fingerprint density at radius 3 is 2.66 bits per heavy atom. The van der Waals surface area contributed by atoms with Crippen molar-refractivity contribution in [2.45, 2.75) is 13.1 Å². The highest BCUT2D eigenvalue weighted by atomic mass is 35.5. The van der Waals surface area contributed by atoms with Gasteiger partial charge in [-0.15, -0.1) is 0 Å². The van der Waals surface area contributed by atoms with Crippen molar-refractivity contribution in [3.63, 3.8) is 0 Å². The SMILES string of the molecule is Cc1cc(F)ccc1-n1nc(C(F)(F)F)cc1-c1cc(Cl)c2c(c1)NC(=O)CO2. The molecule has 0 fully saturated rings. The van der Waals surface area contributed by atoms with E-state index in [0.717, 1.165) is 16.8 Å². The maximum atomic E-state index is 13.5. The van der Waals surface area contributed by atoms with E-state index in [-0.39, 0.29) is 40.0 Å². The van der Waals surface area contributed by atoms with Gasteiger partial charge in [0.25, 0.3) is 5.91 Å². The third-order valence-corrected chi connectivity index (χ3v) is 4.63. The van der Waals surface area contributed by atoms with Crippen molar-refractivity contribution in [3.8, 4) is 22.7 Å². The first kappa shape index (κ1) is 19.3. The zero-order chi connectivity index (χ0) is 20.9. The number of rotatable bonds is 2. The van der Waals surface area contributed by atoms with Gasteiger partial charge >= 0.3 is 6.18 Å². The molecule has 0 saturated carbocycles. The second kappa shape index (κ2) is 6.77. The van der Waals surface area contributed by atoms with Crippen molar-refractivity contribution >= 4 is 23.2 Å². The summed E-state index contributed by atoms with van der Waals surface area (Å²) in [7, 11) is 0. The Labute approximate surface area is 166 Å². The lowest BCUT2D eigenvalue weighted by Crippen LogP contribution is -2.25. The minimum atomic E-state index is -4.69. The Balaban J connectivity index is 1.94. The van der Waals surface area contributed by atoms with E-state index in [0.29, 0.717) is 5.56 Å². The molecule has 0 spiro atoms.